The Morgan fingerprint density at radius 3 is 2.43 bits per heavy atom. The second-order valence-corrected chi connectivity index (χ2v) is 6.08. The molecule has 0 spiro atoms. The minimum absolute atomic E-state index is 0. The van der Waals surface area contributed by atoms with Gasteiger partial charge in [-0.05, 0) is 24.1 Å². The van der Waals surface area contributed by atoms with Crippen molar-refractivity contribution in [2.45, 2.75) is 36.8 Å². The summed E-state index contributed by atoms with van der Waals surface area (Å²) in [7, 11) is 0. The second-order valence-electron chi connectivity index (χ2n) is 6.08. The molecule has 156 valence electrons. The van der Waals surface area contributed by atoms with Gasteiger partial charge in [-0.25, -0.2) is 0 Å². The zero-order valence-corrected chi connectivity index (χ0v) is 15.0. The summed E-state index contributed by atoms with van der Waals surface area (Å²) in [6.45, 7) is 0.155. The molecule has 1 aliphatic heterocycles. The molecule has 2 rings (SSSR count). The monoisotopic (exact) mass is 430 g/mol. The number of nitrogens with one attached hydrogen (secondary N) is 2. The summed E-state index contributed by atoms with van der Waals surface area (Å²) >= 11 is 0. The van der Waals surface area contributed by atoms with Crippen LogP contribution in [0.5, 0.6) is 0 Å². The van der Waals surface area contributed by atoms with Crippen molar-refractivity contribution in [3.8, 4) is 6.07 Å². The number of nitrogens with two attached hydrogens (primary N) is 1. The maximum Gasteiger partial charge on any atom is 0.417 e. The first-order chi connectivity index (χ1) is 12.5. The predicted molar refractivity (Wildman–Crippen MR) is 89.6 cm³/mol. The molecular formula is C16H17ClF6N4O. The summed E-state index contributed by atoms with van der Waals surface area (Å²) in [6, 6.07) is 0.400. The smallest absolute Gasteiger partial charge is 0.353 e. The zero-order chi connectivity index (χ0) is 20.4. The molecule has 1 heterocycles. The topological polar surface area (TPSA) is 90.9 Å². The van der Waals surface area contributed by atoms with E-state index in [1.807, 2.05) is 0 Å². The van der Waals surface area contributed by atoms with Gasteiger partial charge in [-0.1, -0.05) is 6.07 Å². The van der Waals surface area contributed by atoms with E-state index in [-0.39, 0.29) is 37.5 Å². The number of carbonyl (C=O) groups is 1. The van der Waals surface area contributed by atoms with Crippen molar-refractivity contribution in [1.82, 2.24) is 10.6 Å². The third-order valence-electron chi connectivity index (χ3n) is 4.28. The number of nitriles is 1. The van der Waals surface area contributed by atoms with E-state index in [4.69, 9.17) is 11.0 Å². The number of hydrogen-bond donors (Lipinski definition) is 3. The Morgan fingerprint density at radius 2 is 1.93 bits per heavy atom. The molecule has 0 saturated carbocycles. The number of carbonyl (C=O) groups excluding carboxylic acids is 1. The van der Waals surface area contributed by atoms with Gasteiger partial charge >= 0.3 is 12.4 Å². The van der Waals surface area contributed by atoms with E-state index in [0.29, 0.717) is 6.07 Å². The highest BCUT2D eigenvalue weighted by atomic mass is 35.5. The number of hydrogen-bond acceptors (Lipinski definition) is 4. The van der Waals surface area contributed by atoms with Crippen LogP contribution < -0.4 is 16.4 Å². The summed E-state index contributed by atoms with van der Waals surface area (Å²) in [6.07, 6.45) is -10.0. The molecule has 1 aromatic carbocycles. The maximum atomic E-state index is 13.4. The molecule has 1 aromatic rings. The molecule has 0 aromatic heterocycles. The molecule has 3 atom stereocenters. The van der Waals surface area contributed by atoms with Crippen LogP contribution in [0.4, 0.5) is 26.3 Å². The molecule has 1 aliphatic rings. The number of benzene rings is 1. The van der Waals surface area contributed by atoms with E-state index in [1.54, 1.807) is 0 Å². The Labute approximate surface area is 162 Å². The van der Waals surface area contributed by atoms with Gasteiger partial charge in [-0.3, -0.25) is 10.1 Å². The van der Waals surface area contributed by atoms with Gasteiger partial charge in [-0.2, -0.15) is 31.6 Å². The number of halogens is 7. The van der Waals surface area contributed by atoms with Gasteiger partial charge in [0.05, 0.1) is 23.2 Å². The van der Waals surface area contributed by atoms with Crippen LogP contribution in [-0.2, 0) is 11.0 Å². The molecule has 12 heteroatoms. The van der Waals surface area contributed by atoms with Crippen LogP contribution in [0.1, 0.15) is 29.0 Å². The lowest BCUT2D eigenvalue weighted by Gasteiger charge is -2.23. The molecule has 1 amide bonds. The predicted octanol–water partition coefficient (Wildman–Crippen LogP) is 2.45. The van der Waals surface area contributed by atoms with Gasteiger partial charge in [0.1, 0.15) is 6.04 Å². The van der Waals surface area contributed by atoms with Gasteiger partial charge in [0.25, 0.3) is 0 Å². The fraction of sp³-hybridized carbons (Fsp3) is 0.500. The molecule has 1 saturated heterocycles. The first-order valence-electron chi connectivity index (χ1n) is 7.90. The van der Waals surface area contributed by atoms with Crippen molar-refractivity contribution in [3.63, 3.8) is 0 Å². The standard InChI is InChI=1S/C16H16F6N4O.ClH/c17-15(18,19)11-5-8(1-2-9(11)7-24)10-6-12(14(27)25-4-3-23)26-13(10)16(20,21)22;/h1-2,5,10,12-13,26H,3-4,6,23H2,(H,25,27);1H/t10?,12-,13+;/m0./s1. The SMILES string of the molecule is Cl.N#Cc1ccc(C2C[C@@H](C(=O)NCCN)N[C@H]2C(F)(F)F)cc1C(F)(F)F. The van der Waals surface area contributed by atoms with Crippen molar-refractivity contribution < 1.29 is 31.1 Å². The average molecular weight is 431 g/mol. The molecule has 0 bridgehead atoms. The van der Waals surface area contributed by atoms with E-state index in [1.165, 1.54) is 6.07 Å². The molecule has 5 nitrogen and oxygen atoms in total. The summed E-state index contributed by atoms with van der Waals surface area (Å²) in [5.74, 6) is -2.12. The van der Waals surface area contributed by atoms with Crippen LogP contribution in [0.25, 0.3) is 0 Å². The normalized spacial score (nSPS) is 22.3. The molecule has 1 unspecified atom stereocenters. The minimum atomic E-state index is -4.89. The molecule has 1 fully saturated rings. The highest BCUT2D eigenvalue weighted by molar-refractivity contribution is 5.85. The molecule has 4 N–H and O–H groups in total. The number of rotatable bonds is 4. The Morgan fingerprint density at radius 1 is 1.29 bits per heavy atom. The summed E-state index contributed by atoms with van der Waals surface area (Å²) in [5, 5.41) is 13.3. The Balaban J connectivity index is 0.00000392. The molecule has 0 radical (unpaired) electrons. The first kappa shape index (κ1) is 24.0. The van der Waals surface area contributed by atoms with Crippen molar-refractivity contribution in [2.75, 3.05) is 13.1 Å². The number of alkyl halides is 6. The maximum absolute atomic E-state index is 13.4. The Hall–Kier alpha value is -2.03. The Bertz CT molecular complexity index is 746. The fourth-order valence-electron chi connectivity index (χ4n) is 3.07. The molecule has 28 heavy (non-hydrogen) atoms. The van der Waals surface area contributed by atoms with Crippen LogP contribution in [0, 0.1) is 11.3 Å². The third kappa shape index (κ3) is 5.27. The van der Waals surface area contributed by atoms with Gasteiger partial charge in [0, 0.05) is 19.0 Å². The lowest BCUT2D eigenvalue weighted by molar-refractivity contribution is -0.156. The number of nitrogens with zero attached hydrogens (tertiary/aromatic N) is 1. The van der Waals surface area contributed by atoms with Crippen LogP contribution in [-0.4, -0.2) is 37.3 Å². The van der Waals surface area contributed by atoms with Crippen molar-refractivity contribution in [1.29, 1.82) is 5.26 Å². The van der Waals surface area contributed by atoms with E-state index < -0.39 is 47.4 Å². The van der Waals surface area contributed by atoms with Gasteiger partial charge in [-0.15, -0.1) is 12.4 Å². The van der Waals surface area contributed by atoms with Gasteiger partial charge < -0.3 is 11.1 Å². The molecule has 0 aliphatic carbocycles. The van der Waals surface area contributed by atoms with Crippen LogP contribution in [0.2, 0.25) is 0 Å². The quantitative estimate of drug-likeness (QED) is 0.640. The highest BCUT2D eigenvalue weighted by Crippen LogP contribution is 2.41. The minimum Gasteiger partial charge on any atom is -0.353 e. The largest absolute Gasteiger partial charge is 0.417 e. The van der Waals surface area contributed by atoms with E-state index in [2.05, 4.69) is 10.6 Å². The average Bonchev–Trinajstić information content (AvgIpc) is 3.04. The third-order valence-corrected chi connectivity index (χ3v) is 4.28. The molecular weight excluding hydrogens is 414 g/mol. The summed E-state index contributed by atoms with van der Waals surface area (Å²) in [4.78, 5) is 12.0. The van der Waals surface area contributed by atoms with Crippen molar-refractivity contribution in [3.05, 3.63) is 34.9 Å². The first-order valence-corrected chi connectivity index (χ1v) is 7.90. The van der Waals surface area contributed by atoms with Gasteiger partial charge in [0.15, 0.2) is 0 Å². The number of amides is 1. The lowest BCUT2D eigenvalue weighted by Crippen LogP contribution is -2.48. The lowest BCUT2D eigenvalue weighted by atomic mass is 9.88. The summed E-state index contributed by atoms with van der Waals surface area (Å²) in [5.41, 5.74) is 2.99. The van der Waals surface area contributed by atoms with Crippen LogP contribution in [0.15, 0.2) is 18.2 Å². The van der Waals surface area contributed by atoms with E-state index >= 15 is 0 Å². The van der Waals surface area contributed by atoms with Crippen molar-refractivity contribution in [2.24, 2.45) is 5.73 Å². The van der Waals surface area contributed by atoms with E-state index in [0.717, 1.165) is 12.1 Å². The van der Waals surface area contributed by atoms with E-state index in [9.17, 15) is 31.1 Å². The fourth-order valence-corrected chi connectivity index (χ4v) is 3.07. The van der Waals surface area contributed by atoms with Crippen LogP contribution in [0.3, 0.4) is 0 Å². The zero-order valence-electron chi connectivity index (χ0n) is 14.2. The van der Waals surface area contributed by atoms with Crippen LogP contribution >= 0.6 is 12.4 Å². The second kappa shape index (κ2) is 8.98. The van der Waals surface area contributed by atoms with Crippen molar-refractivity contribution >= 4 is 18.3 Å². The Kier molecular flexibility index (Phi) is 7.70. The summed E-state index contributed by atoms with van der Waals surface area (Å²) < 4.78 is 79.5. The van der Waals surface area contributed by atoms with Gasteiger partial charge in [0.2, 0.25) is 5.91 Å². The highest BCUT2D eigenvalue weighted by Gasteiger charge is 2.52.